The molecule has 2 N–H and O–H groups in total. The van der Waals surface area contributed by atoms with E-state index in [1.807, 2.05) is 18.4 Å². The van der Waals surface area contributed by atoms with Gasteiger partial charge in [0, 0.05) is 6.54 Å². The van der Waals surface area contributed by atoms with E-state index < -0.39 is 0 Å². The molecule has 0 fully saturated rings. The zero-order valence-corrected chi connectivity index (χ0v) is 7.79. The Morgan fingerprint density at radius 3 is 2.83 bits per heavy atom. The molecule has 0 aliphatic rings. The summed E-state index contributed by atoms with van der Waals surface area (Å²) >= 11 is 0. The maximum absolute atomic E-state index is 8.42. The smallest absolute Gasteiger partial charge is 0.0603 e. The van der Waals surface area contributed by atoms with E-state index in [-0.39, 0.29) is 6.61 Å². The van der Waals surface area contributed by atoms with Crippen molar-refractivity contribution in [2.45, 2.75) is 26.2 Å². The summed E-state index contributed by atoms with van der Waals surface area (Å²) in [4.78, 5) is 0. The van der Waals surface area contributed by atoms with Crippen molar-refractivity contribution in [2.24, 2.45) is 0 Å². The Hall–Kier alpha value is -0.760. The summed E-state index contributed by atoms with van der Waals surface area (Å²) in [6.45, 7) is 3.00. The van der Waals surface area contributed by atoms with Gasteiger partial charge in [-0.1, -0.05) is 31.9 Å². The number of aliphatic hydroxyl groups is 1. The Balaban J connectivity index is 3.15. The molecule has 12 heavy (non-hydrogen) atoms. The predicted octanol–water partition coefficient (Wildman–Crippen LogP) is 1.83. The highest BCUT2D eigenvalue weighted by atomic mass is 16.3. The van der Waals surface area contributed by atoms with Gasteiger partial charge in [0.25, 0.3) is 0 Å². The van der Waals surface area contributed by atoms with Gasteiger partial charge in [-0.05, 0) is 18.7 Å². The van der Waals surface area contributed by atoms with Crippen molar-refractivity contribution < 1.29 is 5.11 Å². The number of rotatable bonds is 7. The molecule has 0 heterocycles. The molecule has 0 amide bonds. The predicted molar refractivity (Wildman–Crippen MR) is 52.9 cm³/mol. The lowest BCUT2D eigenvalue weighted by Gasteiger charge is -1.92. The molecule has 2 heteroatoms. The van der Waals surface area contributed by atoms with Crippen molar-refractivity contribution in [2.75, 3.05) is 13.2 Å². The van der Waals surface area contributed by atoms with Gasteiger partial charge in [0.15, 0.2) is 0 Å². The molecule has 0 aliphatic carbocycles. The number of hydrogen-bond acceptors (Lipinski definition) is 2. The SMILES string of the molecule is CCCCC=CC=CNCCO. The highest BCUT2D eigenvalue weighted by molar-refractivity contribution is 5.01. The summed E-state index contributed by atoms with van der Waals surface area (Å²) in [5, 5.41) is 11.4. The van der Waals surface area contributed by atoms with Gasteiger partial charge in [0.1, 0.15) is 0 Å². The maximum atomic E-state index is 8.42. The van der Waals surface area contributed by atoms with Crippen LogP contribution in [0.15, 0.2) is 24.4 Å². The molecule has 0 bridgehead atoms. The van der Waals surface area contributed by atoms with Crippen LogP contribution in [-0.2, 0) is 0 Å². The fraction of sp³-hybridized carbons (Fsp3) is 0.600. The Bertz CT molecular complexity index is 114. The second-order valence-electron chi connectivity index (χ2n) is 2.61. The number of aliphatic hydroxyl groups excluding tert-OH is 1. The zero-order chi connectivity index (χ0) is 9.07. The Morgan fingerprint density at radius 2 is 2.17 bits per heavy atom. The van der Waals surface area contributed by atoms with Gasteiger partial charge in [-0.25, -0.2) is 0 Å². The molecule has 70 valence electrons. The Kier molecular flexibility index (Phi) is 9.59. The van der Waals surface area contributed by atoms with Crippen LogP contribution in [0.2, 0.25) is 0 Å². The van der Waals surface area contributed by atoms with Gasteiger partial charge in [0.2, 0.25) is 0 Å². The Labute approximate surface area is 75.0 Å². The van der Waals surface area contributed by atoms with E-state index in [2.05, 4.69) is 18.3 Å². The standard InChI is InChI=1S/C10H19NO/c1-2-3-4-5-6-7-8-11-9-10-12/h5-8,11-12H,2-4,9-10H2,1H3. The van der Waals surface area contributed by atoms with Crippen LogP contribution in [0.3, 0.4) is 0 Å². The van der Waals surface area contributed by atoms with Crippen molar-refractivity contribution in [3.05, 3.63) is 24.4 Å². The van der Waals surface area contributed by atoms with Crippen LogP contribution in [0.25, 0.3) is 0 Å². The number of nitrogens with one attached hydrogen (secondary N) is 1. The molecule has 0 unspecified atom stereocenters. The number of allylic oxidation sites excluding steroid dienone is 3. The number of hydrogen-bond donors (Lipinski definition) is 2. The first-order chi connectivity index (χ1) is 5.91. The van der Waals surface area contributed by atoms with Gasteiger partial charge < -0.3 is 10.4 Å². The highest BCUT2D eigenvalue weighted by Crippen LogP contribution is 1.94. The van der Waals surface area contributed by atoms with Gasteiger partial charge in [-0.2, -0.15) is 0 Å². The molecule has 2 nitrogen and oxygen atoms in total. The topological polar surface area (TPSA) is 32.3 Å². The highest BCUT2D eigenvalue weighted by Gasteiger charge is 1.75. The molecule has 0 aromatic rings. The fourth-order valence-corrected chi connectivity index (χ4v) is 0.768. The largest absolute Gasteiger partial charge is 0.395 e. The summed E-state index contributed by atoms with van der Waals surface area (Å²) in [5.41, 5.74) is 0. The van der Waals surface area contributed by atoms with Crippen LogP contribution in [0.5, 0.6) is 0 Å². The van der Waals surface area contributed by atoms with Crippen molar-refractivity contribution in [3.63, 3.8) is 0 Å². The van der Waals surface area contributed by atoms with Crippen molar-refractivity contribution in [3.8, 4) is 0 Å². The summed E-state index contributed by atoms with van der Waals surface area (Å²) in [6.07, 6.45) is 11.6. The minimum absolute atomic E-state index is 0.184. The molecule has 0 aromatic heterocycles. The molecule has 0 aliphatic heterocycles. The molecule has 0 atom stereocenters. The average molecular weight is 169 g/mol. The number of unbranched alkanes of at least 4 members (excludes halogenated alkanes) is 2. The van der Waals surface area contributed by atoms with Gasteiger partial charge in [-0.15, -0.1) is 0 Å². The molecule has 0 rings (SSSR count). The third kappa shape index (κ3) is 9.24. The third-order valence-electron chi connectivity index (χ3n) is 1.44. The van der Waals surface area contributed by atoms with Crippen LogP contribution in [0, 0.1) is 0 Å². The van der Waals surface area contributed by atoms with Gasteiger partial charge in [0.05, 0.1) is 6.61 Å². The van der Waals surface area contributed by atoms with Crippen molar-refractivity contribution in [1.82, 2.24) is 5.32 Å². The van der Waals surface area contributed by atoms with Gasteiger partial charge >= 0.3 is 0 Å². The quantitative estimate of drug-likeness (QED) is 0.450. The minimum atomic E-state index is 0.184. The van der Waals surface area contributed by atoms with E-state index in [1.54, 1.807) is 0 Å². The van der Waals surface area contributed by atoms with E-state index in [1.165, 1.54) is 12.8 Å². The van der Waals surface area contributed by atoms with E-state index in [0.717, 1.165) is 6.42 Å². The molecule has 0 aromatic carbocycles. The first-order valence-corrected chi connectivity index (χ1v) is 4.57. The van der Waals surface area contributed by atoms with Gasteiger partial charge in [-0.3, -0.25) is 0 Å². The summed E-state index contributed by atoms with van der Waals surface area (Å²) in [5.74, 6) is 0. The van der Waals surface area contributed by atoms with Crippen LogP contribution >= 0.6 is 0 Å². The Morgan fingerprint density at radius 1 is 1.33 bits per heavy atom. The maximum Gasteiger partial charge on any atom is 0.0603 e. The molecular weight excluding hydrogens is 150 g/mol. The second kappa shape index (κ2) is 10.2. The molecule has 0 radical (unpaired) electrons. The summed E-state index contributed by atoms with van der Waals surface area (Å²) in [7, 11) is 0. The van der Waals surface area contributed by atoms with Crippen LogP contribution in [0.4, 0.5) is 0 Å². The van der Waals surface area contributed by atoms with E-state index in [9.17, 15) is 0 Å². The first-order valence-electron chi connectivity index (χ1n) is 4.57. The van der Waals surface area contributed by atoms with Crippen molar-refractivity contribution in [1.29, 1.82) is 0 Å². The summed E-state index contributed by atoms with van der Waals surface area (Å²) < 4.78 is 0. The lowest BCUT2D eigenvalue weighted by Crippen LogP contribution is -2.09. The van der Waals surface area contributed by atoms with E-state index >= 15 is 0 Å². The average Bonchev–Trinajstić information content (AvgIpc) is 2.10. The molecule has 0 saturated heterocycles. The molecular formula is C10H19NO. The fourth-order valence-electron chi connectivity index (χ4n) is 0.768. The van der Waals surface area contributed by atoms with Crippen LogP contribution in [0.1, 0.15) is 26.2 Å². The van der Waals surface area contributed by atoms with Crippen LogP contribution < -0.4 is 5.32 Å². The molecule has 0 saturated carbocycles. The zero-order valence-electron chi connectivity index (χ0n) is 7.79. The van der Waals surface area contributed by atoms with Crippen molar-refractivity contribution >= 4 is 0 Å². The van der Waals surface area contributed by atoms with E-state index in [4.69, 9.17) is 5.11 Å². The monoisotopic (exact) mass is 169 g/mol. The minimum Gasteiger partial charge on any atom is -0.395 e. The third-order valence-corrected chi connectivity index (χ3v) is 1.44. The first kappa shape index (κ1) is 11.2. The van der Waals surface area contributed by atoms with E-state index in [0.29, 0.717) is 6.54 Å². The molecule has 0 spiro atoms. The summed E-state index contributed by atoms with van der Waals surface area (Å²) in [6, 6.07) is 0. The normalized spacial score (nSPS) is 11.5. The lowest BCUT2D eigenvalue weighted by atomic mass is 10.2. The lowest BCUT2D eigenvalue weighted by molar-refractivity contribution is 0.298. The van der Waals surface area contributed by atoms with Crippen LogP contribution in [-0.4, -0.2) is 18.3 Å². The second-order valence-corrected chi connectivity index (χ2v) is 2.61.